The zero-order valence-corrected chi connectivity index (χ0v) is 62.1. The van der Waals surface area contributed by atoms with Gasteiger partial charge in [0.05, 0.1) is 26.4 Å². The highest BCUT2D eigenvalue weighted by atomic mass is 31.2. The van der Waals surface area contributed by atoms with Gasteiger partial charge in [0.1, 0.15) is 19.3 Å². The molecule has 96 heavy (non-hydrogen) atoms. The Labute approximate surface area is 582 Å². The zero-order valence-electron chi connectivity index (χ0n) is 60.3. The van der Waals surface area contributed by atoms with Crippen molar-refractivity contribution < 1.29 is 80.2 Å². The highest BCUT2D eigenvalue weighted by molar-refractivity contribution is 7.47. The fourth-order valence-corrected chi connectivity index (χ4v) is 11.4. The molecule has 0 rings (SSSR count). The maximum atomic E-state index is 13.1. The van der Waals surface area contributed by atoms with Crippen molar-refractivity contribution in [2.24, 2.45) is 0 Å². The van der Waals surface area contributed by atoms with E-state index in [4.69, 9.17) is 37.0 Å². The fraction of sp³-hybridized carbons (Fsp3) is 0.740. The van der Waals surface area contributed by atoms with E-state index in [2.05, 4.69) is 125 Å². The van der Waals surface area contributed by atoms with Crippen molar-refractivity contribution in [3.8, 4) is 0 Å². The molecule has 0 radical (unpaired) electrons. The molecule has 3 N–H and O–H groups in total. The van der Waals surface area contributed by atoms with Gasteiger partial charge in [0.2, 0.25) is 0 Å². The number of aliphatic hydroxyl groups is 1. The molecule has 0 aromatic carbocycles. The molecule has 0 aliphatic rings. The summed E-state index contributed by atoms with van der Waals surface area (Å²) in [5, 5.41) is 10.6. The van der Waals surface area contributed by atoms with Crippen molar-refractivity contribution in [2.45, 2.75) is 329 Å². The smallest absolute Gasteiger partial charge is 0.462 e. The Morgan fingerprint density at radius 2 is 0.562 bits per heavy atom. The number of ether oxygens (including phenoxy) is 4. The SMILES string of the molecule is CC/C=C\C/C=C\C/C=C\C/C=C\CCCCCCC(=O)OCC(COP(=O)(O)OCC(O)COP(=O)(O)OCC(COC(=O)CCCCCCC/C=C\C/C=C\CCCCC)OC(=O)CCCCCCC/C=C\C/C=C\CCC)OC(=O)CCCCCCCCCCCCC. The average Bonchev–Trinajstić information content (AvgIpc) is 1.13. The van der Waals surface area contributed by atoms with Crippen LogP contribution in [0.1, 0.15) is 310 Å². The van der Waals surface area contributed by atoms with Gasteiger partial charge < -0.3 is 33.8 Å². The van der Waals surface area contributed by atoms with Gasteiger partial charge in [-0.3, -0.25) is 37.3 Å². The summed E-state index contributed by atoms with van der Waals surface area (Å²) in [6.07, 6.45) is 71.2. The van der Waals surface area contributed by atoms with Crippen molar-refractivity contribution in [3.05, 3.63) is 97.2 Å². The second-order valence-corrected chi connectivity index (χ2v) is 27.8. The number of rotatable bonds is 70. The maximum absolute atomic E-state index is 13.1. The van der Waals surface area contributed by atoms with Crippen LogP contribution in [-0.4, -0.2) is 96.7 Å². The van der Waals surface area contributed by atoms with E-state index in [1.807, 2.05) is 0 Å². The third kappa shape index (κ3) is 68.5. The van der Waals surface area contributed by atoms with Crippen LogP contribution in [0.2, 0.25) is 0 Å². The number of carbonyl (C=O) groups is 4. The predicted molar refractivity (Wildman–Crippen MR) is 390 cm³/mol. The molecule has 17 nitrogen and oxygen atoms in total. The first-order chi connectivity index (χ1) is 46.7. The van der Waals surface area contributed by atoms with Gasteiger partial charge in [0.15, 0.2) is 12.2 Å². The second kappa shape index (κ2) is 69.5. The number of hydrogen-bond donors (Lipinski definition) is 3. The van der Waals surface area contributed by atoms with Crippen LogP contribution in [0.25, 0.3) is 0 Å². The Kier molecular flexibility index (Phi) is 66.6. The van der Waals surface area contributed by atoms with Gasteiger partial charge >= 0.3 is 39.5 Å². The molecule has 19 heteroatoms. The number of carbonyl (C=O) groups excluding carboxylic acids is 4. The molecule has 5 unspecified atom stereocenters. The van der Waals surface area contributed by atoms with Gasteiger partial charge in [0, 0.05) is 25.7 Å². The van der Waals surface area contributed by atoms with Crippen LogP contribution in [0, 0.1) is 0 Å². The average molecular weight is 1390 g/mol. The van der Waals surface area contributed by atoms with Crippen molar-refractivity contribution in [1.82, 2.24) is 0 Å². The topological polar surface area (TPSA) is 237 Å². The molecule has 0 spiro atoms. The molecular formula is C77H134O17P2. The first kappa shape index (κ1) is 92.0. The van der Waals surface area contributed by atoms with E-state index in [0.29, 0.717) is 25.7 Å². The van der Waals surface area contributed by atoms with E-state index >= 15 is 0 Å². The molecule has 554 valence electrons. The summed E-state index contributed by atoms with van der Waals surface area (Å²) in [4.78, 5) is 72.7. The molecule has 0 aliphatic carbocycles. The summed E-state index contributed by atoms with van der Waals surface area (Å²) < 4.78 is 68.3. The molecule has 0 saturated heterocycles. The van der Waals surface area contributed by atoms with Gasteiger partial charge in [-0.15, -0.1) is 0 Å². The summed E-state index contributed by atoms with van der Waals surface area (Å²) in [6.45, 7) is 4.61. The van der Waals surface area contributed by atoms with E-state index in [0.717, 1.165) is 173 Å². The lowest BCUT2D eigenvalue weighted by atomic mass is 10.1. The van der Waals surface area contributed by atoms with Gasteiger partial charge in [-0.1, -0.05) is 260 Å². The normalized spacial score (nSPS) is 14.5. The summed E-state index contributed by atoms with van der Waals surface area (Å²) in [6, 6.07) is 0. The minimum atomic E-state index is -4.98. The number of hydrogen-bond acceptors (Lipinski definition) is 15. The summed E-state index contributed by atoms with van der Waals surface area (Å²) in [7, 11) is -9.95. The second-order valence-electron chi connectivity index (χ2n) is 24.9. The molecule has 0 saturated carbocycles. The molecule has 0 aliphatic heterocycles. The molecule has 0 fully saturated rings. The maximum Gasteiger partial charge on any atom is 0.472 e. The number of allylic oxidation sites excluding steroid dienone is 16. The number of aliphatic hydroxyl groups excluding tert-OH is 1. The van der Waals surface area contributed by atoms with Crippen LogP contribution >= 0.6 is 15.6 Å². The Balaban J connectivity index is 5.34. The molecule has 0 aromatic heterocycles. The minimum absolute atomic E-state index is 0.0757. The lowest BCUT2D eigenvalue weighted by Gasteiger charge is -2.21. The van der Waals surface area contributed by atoms with Crippen LogP contribution in [-0.2, 0) is 65.4 Å². The Morgan fingerprint density at radius 1 is 0.302 bits per heavy atom. The standard InChI is InChI=1S/C77H134O17P2/c1-5-9-13-17-21-25-29-32-34-35-37-40-43-46-50-54-58-62-75(80)87-67-72(93-76(81)63-59-55-51-47-41-28-24-20-16-12-8-4)69-91-95(83,84)89-65-71(78)66-90-96(85,86)92-70-73(94-77(82)64-60-56-52-48-44-38-31-27-23-19-15-11-7-3)68-88-74(79)61-57-53-49-45-42-39-36-33-30-26-22-18-14-10-6-2/h9,13,15,19,21-22,25-27,31-34,36-37,40,71-73,78H,5-8,10-12,14,16-18,20,23-24,28-30,35,38-39,41-70H2,1-4H3,(H,83,84)(H,85,86)/b13-9-,19-15-,25-21-,26-22-,31-27-,34-32-,36-33-,40-37-. The monoisotopic (exact) mass is 1390 g/mol. The van der Waals surface area contributed by atoms with E-state index in [1.165, 1.54) is 57.8 Å². The first-order valence-corrected chi connectivity index (χ1v) is 40.5. The Bertz CT molecular complexity index is 2200. The highest BCUT2D eigenvalue weighted by Gasteiger charge is 2.30. The quantitative estimate of drug-likeness (QED) is 0.0169. The van der Waals surface area contributed by atoms with Gasteiger partial charge in [-0.2, -0.15) is 0 Å². The number of phosphoric ester groups is 2. The van der Waals surface area contributed by atoms with E-state index in [1.54, 1.807) is 0 Å². The number of unbranched alkanes of at least 4 members (excludes halogenated alkanes) is 28. The van der Waals surface area contributed by atoms with Crippen LogP contribution in [0.15, 0.2) is 97.2 Å². The minimum Gasteiger partial charge on any atom is -0.462 e. The predicted octanol–water partition coefficient (Wildman–Crippen LogP) is 21.2. The molecule has 0 amide bonds. The molecule has 0 bridgehead atoms. The third-order valence-corrected chi connectivity index (χ3v) is 17.4. The molecule has 0 aromatic rings. The van der Waals surface area contributed by atoms with Crippen molar-refractivity contribution in [3.63, 3.8) is 0 Å². The van der Waals surface area contributed by atoms with Crippen LogP contribution in [0.3, 0.4) is 0 Å². The highest BCUT2D eigenvalue weighted by Crippen LogP contribution is 2.45. The molecular weight excluding hydrogens is 1260 g/mol. The zero-order chi connectivity index (χ0) is 70.4. The Hall–Kier alpha value is -4.02. The lowest BCUT2D eigenvalue weighted by molar-refractivity contribution is -0.161. The fourth-order valence-electron chi connectivity index (χ4n) is 9.81. The summed E-state index contributed by atoms with van der Waals surface area (Å²) >= 11 is 0. The summed E-state index contributed by atoms with van der Waals surface area (Å²) in [5.41, 5.74) is 0. The Morgan fingerprint density at radius 3 is 0.896 bits per heavy atom. The van der Waals surface area contributed by atoms with Crippen LogP contribution in [0.5, 0.6) is 0 Å². The largest absolute Gasteiger partial charge is 0.472 e. The van der Waals surface area contributed by atoms with Gasteiger partial charge in [-0.25, -0.2) is 9.13 Å². The van der Waals surface area contributed by atoms with Gasteiger partial charge in [0.25, 0.3) is 0 Å². The molecule has 0 heterocycles. The van der Waals surface area contributed by atoms with Crippen LogP contribution < -0.4 is 0 Å². The van der Waals surface area contributed by atoms with E-state index < -0.39 is 97.5 Å². The number of phosphoric acid groups is 2. The molecule has 5 atom stereocenters. The van der Waals surface area contributed by atoms with Crippen molar-refractivity contribution in [2.75, 3.05) is 39.6 Å². The number of esters is 4. The van der Waals surface area contributed by atoms with Crippen molar-refractivity contribution in [1.29, 1.82) is 0 Å². The van der Waals surface area contributed by atoms with Gasteiger partial charge in [-0.05, 0) is 122 Å². The first-order valence-electron chi connectivity index (χ1n) is 37.5. The van der Waals surface area contributed by atoms with Crippen molar-refractivity contribution >= 4 is 39.5 Å². The van der Waals surface area contributed by atoms with E-state index in [-0.39, 0.29) is 25.7 Å². The van der Waals surface area contributed by atoms with Crippen LogP contribution in [0.4, 0.5) is 0 Å². The summed E-state index contributed by atoms with van der Waals surface area (Å²) in [5.74, 6) is -2.22. The lowest BCUT2D eigenvalue weighted by Crippen LogP contribution is -2.30. The third-order valence-electron chi connectivity index (χ3n) is 15.5. The van der Waals surface area contributed by atoms with E-state index in [9.17, 15) is 43.2 Å².